The number of aliphatic carboxylic acids is 1. The summed E-state index contributed by atoms with van der Waals surface area (Å²) in [5, 5.41) is 11.7. The number of carboxylic acid groups (broad SMARTS) is 1. The number of carbonyl (C=O) groups excluding carboxylic acids is 1. The highest BCUT2D eigenvalue weighted by molar-refractivity contribution is 6.04. The average molecular weight is 277 g/mol. The molecule has 2 rings (SSSR count). The number of benzene rings is 1. The molecule has 5 heteroatoms. The summed E-state index contributed by atoms with van der Waals surface area (Å²) >= 11 is 0. The first-order valence-electron chi connectivity index (χ1n) is 6.65. The summed E-state index contributed by atoms with van der Waals surface area (Å²) in [7, 11) is 1.61. The number of carbonyl (C=O) groups is 2. The van der Waals surface area contributed by atoms with Gasteiger partial charge in [-0.1, -0.05) is 17.7 Å². The smallest absolute Gasteiger partial charge is 0.319 e. The number of hydrogen-bond donors (Lipinski definition) is 2. The third-order valence-electron chi connectivity index (χ3n) is 3.71. The van der Waals surface area contributed by atoms with E-state index in [2.05, 4.69) is 5.32 Å². The zero-order valence-corrected chi connectivity index (χ0v) is 11.7. The Bertz CT molecular complexity index is 535. The van der Waals surface area contributed by atoms with Crippen LogP contribution in [0.1, 0.15) is 24.0 Å². The molecule has 0 spiro atoms. The maximum atomic E-state index is 11.9. The molecule has 0 bridgehead atoms. The molecule has 0 heterocycles. The van der Waals surface area contributed by atoms with Crippen LogP contribution >= 0.6 is 0 Å². The van der Waals surface area contributed by atoms with Crippen molar-refractivity contribution >= 4 is 11.9 Å². The Hall–Kier alpha value is -2.04. The van der Waals surface area contributed by atoms with Crippen LogP contribution in [0.15, 0.2) is 18.2 Å². The predicted octanol–water partition coefficient (Wildman–Crippen LogP) is 1.53. The van der Waals surface area contributed by atoms with Crippen LogP contribution in [-0.4, -0.2) is 30.6 Å². The second-order valence-corrected chi connectivity index (χ2v) is 5.21. The number of amides is 1. The molecule has 1 aliphatic rings. The monoisotopic (exact) mass is 277 g/mol. The number of nitrogens with one attached hydrogen (secondary N) is 1. The third-order valence-corrected chi connectivity index (χ3v) is 3.71. The fraction of sp³-hybridized carbons (Fsp3) is 0.467. The van der Waals surface area contributed by atoms with Gasteiger partial charge in [-0.15, -0.1) is 0 Å². The Labute approximate surface area is 117 Å². The largest absolute Gasteiger partial charge is 0.496 e. The summed E-state index contributed by atoms with van der Waals surface area (Å²) in [6.07, 6.45) is 1.48. The van der Waals surface area contributed by atoms with Crippen LogP contribution in [0.3, 0.4) is 0 Å². The van der Waals surface area contributed by atoms with Gasteiger partial charge in [-0.25, -0.2) is 0 Å². The molecule has 0 unspecified atom stereocenters. The number of methoxy groups -OCH3 is 1. The first kappa shape index (κ1) is 14.4. The highest BCUT2D eigenvalue weighted by Gasteiger charge is 2.56. The molecule has 1 aliphatic carbocycles. The van der Waals surface area contributed by atoms with Crippen molar-refractivity contribution in [1.82, 2.24) is 5.32 Å². The van der Waals surface area contributed by atoms with E-state index in [4.69, 9.17) is 9.84 Å². The molecule has 0 aromatic heterocycles. The zero-order valence-electron chi connectivity index (χ0n) is 11.7. The van der Waals surface area contributed by atoms with Crippen molar-refractivity contribution in [2.24, 2.45) is 5.41 Å². The first-order valence-corrected chi connectivity index (χ1v) is 6.65. The standard InChI is InChI=1S/C15H19NO4/c1-10-3-4-12(20-2)11(9-10)5-8-16-13(17)15(6-7-15)14(18)19/h3-4,9H,5-8H2,1-2H3,(H,16,17)(H,18,19). The number of hydrogen-bond acceptors (Lipinski definition) is 3. The molecular formula is C15H19NO4. The van der Waals surface area contributed by atoms with Crippen LogP contribution in [0.5, 0.6) is 5.75 Å². The molecule has 1 amide bonds. The van der Waals surface area contributed by atoms with E-state index < -0.39 is 11.4 Å². The van der Waals surface area contributed by atoms with Crippen molar-refractivity contribution in [3.63, 3.8) is 0 Å². The Morgan fingerprint density at radius 1 is 1.40 bits per heavy atom. The quantitative estimate of drug-likeness (QED) is 0.773. The van der Waals surface area contributed by atoms with Crippen LogP contribution in [0.25, 0.3) is 0 Å². The van der Waals surface area contributed by atoms with Gasteiger partial charge in [0.1, 0.15) is 11.2 Å². The SMILES string of the molecule is COc1ccc(C)cc1CCNC(=O)C1(C(=O)O)CC1. The number of ether oxygens (including phenoxy) is 1. The second kappa shape index (κ2) is 5.53. The van der Waals surface area contributed by atoms with Crippen molar-refractivity contribution in [1.29, 1.82) is 0 Å². The van der Waals surface area contributed by atoms with E-state index in [-0.39, 0.29) is 5.91 Å². The fourth-order valence-electron chi connectivity index (χ4n) is 2.25. The van der Waals surface area contributed by atoms with Gasteiger partial charge in [-0.3, -0.25) is 9.59 Å². The van der Waals surface area contributed by atoms with Crippen molar-refractivity contribution in [2.45, 2.75) is 26.2 Å². The molecule has 0 saturated heterocycles. The molecular weight excluding hydrogens is 258 g/mol. The van der Waals surface area contributed by atoms with Crippen LogP contribution in [-0.2, 0) is 16.0 Å². The average Bonchev–Trinajstić information content (AvgIpc) is 3.20. The van der Waals surface area contributed by atoms with E-state index in [0.717, 1.165) is 16.9 Å². The fourth-order valence-corrected chi connectivity index (χ4v) is 2.25. The van der Waals surface area contributed by atoms with E-state index in [1.165, 1.54) is 0 Å². The minimum atomic E-state index is -1.17. The van der Waals surface area contributed by atoms with Crippen molar-refractivity contribution in [3.05, 3.63) is 29.3 Å². The van der Waals surface area contributed by atoms with Gasteiger partial charge in [0.15, 0.2) is 0 Å². The summed E-state index contributed by atoms with van der Waals surface area (Å²) < 4.78 is 5.27. The lowest BCUT2D eigenvalue weighted by atomic mass is 10.1. The Balaban J connectivity index is 1.92. The minimum Gasteiger partial charge on any atom is -0.496 e. The van der Waals surface area contributed by atoms with E-state index in [9.17, 15) is 9.59 Å². The number of carboxylic acids is 1. The van der Waals surface area contributed by atoms with Gasteiger partial charge in [0, 0.05) is 6.54 Å². The molecule has 108 valence electrons. The summed E-state index contributed by atoms with van der Waals surface area (Å²) in [5.74, 6) is -0.621. The number of rotatable bonds is 6. The van der Waals surface area contributed by atoms with Gasteiger partial charge in [0.2, 0.25) is 5.91 Å². The second-order valence-electron chi connectivity index (χ2n) is 5.21. The molecule has 5 nitrogen and oxygen atoms in total. The zero-order chi connectivity index (χ0) is 14.8. The Morgan fingerprint density at radius 3 is 2.65 bits per heavy atom. The van der Waals surface area contributed by atoms with Crippen LogP contribution in [0.4, 0.5) is 0 Å². The predicted molar refractivity (Wildman–Crippen MR) is 73.7 cm³/mol. The molecule has 1 fully saturated rings. The highest BCUT2D eigenvalue weighted by atomic mass is 16.5. The molecule has 0 radical (unpaired) electrons. The first-order chi connectivity index (χ1) is 9.49. The van der Waals surface area contributed by atoms with Gasteiger partial charge >= 0.3 is 5.97 Å². The van der Waals surface area contributed by atoms with Crippen LogP contribution in [0, 0.1) is 12.3 Å². The molecule has 1 aromatic carbocycles. The van der Waals surface area contributed by atoms with Gasteiger partial charge in [0.25, 0.3) is 0 Å². The van der Waals surface area contributed by atoms with E-state index >= 15 is 0 Å². The van der Waals surface area contributed by atoms with E-state index in [0.29, 0.717) is 25.8 Å². The molecule has 1 aromatic rings. The summed E-state index contributed by atoms with van der Waals surface area (Å²) in [4.78, 5) is 22.9. The third kappa shape index (κ3) is 2.76. The van der Waals surface area contributed by atoms with Crippen molar-refractivity contribution < 1.29 is 19.4 Å². The Kier molecular flexibility index (Phi) is 3.97. The van der Waals surface area contributed by atoms with E-state index in [1.54, 1.807) is 7.11 Å². The molecule has 0 atom stereocenters. The topological polar surface area (TPSA) is 75.6 Å². The lowest BCUT2D eigenvalue weighted by molar-refractivity contribution is -0.149. The summed E-state index contributed by atoms with van der Waals surface area (Å²) in [5.41, 5.74) is 0.959. The normalized spacial score (nSPS) is 15.5. The molecule has 20 heavy (non-hydrogen) atoms. The van der Waals surface area contributed by atoms with Crippen molar-refractivity contribution in [3.8, 4) is 5.75 Å². The van der Waals surface area contributed by atoms with Gasteiger partial charge in [-0.05, 0) is 37.8 Å². The lowest BCUT2D eigenvalue weighted by Gasteiger charge is -2.12. The maximum absolute atomic E-state index is 11.9. The van der Waals surface area contributed by atoms with Crippen LogP contribution in [0.2, 0.25) is 0 Å². The molecule has 1 saturated carbocycles. The van der Waals surface area contributed by atoms with Gasteiger partial charge < -0.3 is 15.2 Å². The number of aryl methyl sites for hydroxylation is 1. The minimum absolute atomic E-state index is 0.378. The maximum Gasteiger partial charge on any atom is 0.319 e. The highest BCUT2D eigenvalue weighted by Crippen LogP contribution is 2.46. The summed E-state index contributed by atoms with van der Waals surface area (Å²) in [6.45, 7) is 2.40. The Morgan fingerprint density at radius 2 is 2.10 bits per heavy atom. The van der Waals surface area contributed by atoms with Gasteiger partial charge in [0.05, 0.1) is 7.11 Å². The van der Waals surface area contributed by atoms with Crippen LogP contribution < -0.4 is 10.1 Å². The molecule has 2 N–H and O–H groups in total. The van der Waals surface area contributed by atoms with Gasteiger partial charge in [-0.2, -0.15) is 0 Å². The van der Waals surface area contributed by atoms with E-state index in [1.807, 2.05) is 25.1 Å². The van der Waals surface area contributed by atoms with Crippen molar-refractivity contribution in [2.75, 3.05) is 13.7 Å². The summed E-state index contributed by atoms with van der Waals surface area (Å²) in [6, 6.07) is 5.87. The lowest BCUT2D eigenvalue weighted by Crippen LogP contribution is -2.37. The molecule has 0 aliphatic heterocycles.